The summed E-state index contributed by atoms with van der Waals surface area (Å²) in [5.74, 6) is -0.989. The van der Waals surface area contributed by atoms with Gasteiger partial charge in [-0.2, -0.15) is 8.78 Å². The molecule has 0 radical (unpaired) electrons. The van der Waals surface area contributed by atoms with Crippen molar-refractivity contribution in [1.29, 1.82) is 0 Å². The quantitative estimate of drug-likeness (QED) is 0.764. The van der Waals surface area contributed by atoms with E-state index >= 15 is 0 Å². The van der Waals surface area contributed by atoms with Crippen molar-refractivity contribution in [2.45, 2.75) is 13.5 Å². The Morgan fingerprint density at radius 1 is 1.14 bits per heavy atom. The van der Waals surface area contributed by atoms with Crippen molar-refractivity contribution in [3.63, 3.8) is 0 Å². The lowest BCUT2D eigenvalue weighted by molar-refractivity contribution is -0.0515. The molecule has 0 bridgehead atoms. The fraction of sp³-hybridized carbons (Fsp3) is 0.263. The zero-order valence-electron chi connectivity index (χ0n) is 15.6. The first-order valence-electron chi connectivity index (χ1n) is 8.31. The summed E-state index contributed by atoms with van der Waals surface area (Å²) in [6, 6.07) is 10.6. The molecule has 2 aromatic rings. The molecule has 150 valence electrons. The van der Waals surface area contributed by atoms with Crippen LogP contribution in [-0.2, 0) is 4.74 Å². The predicted molar refractivity (Wildman–Crippen MR) is 99.4 cm³/mol. The van der Waals surface area contributed by atoms with E-state index in [0.29, 0.717) is 11.4 Å². The first kappa shape index (κ1) is 20.9. The number of amides is 2. The van der Waals surface area contributed by atoms with Crippen LogP contribution in [-0.4, -0.2) is 39.4 Å². The number of benzene rings is 2. The van der Waals surface area contributed by atoms with Gasteiger partial charge >= 0.3 is 12.7 Å². The number of nitrogens with one attached hydrogen (secondary N) is 1. The standard InChI is InChI=1S/C19H20F2N2O5/c1-4-27-19(25)23(2)13-10-8-12(9-11-13)22-17(24)14-6-5-7-15(26-3)16(14)28-18(20)21/h5-11,18H,4H2,1-3H3,(H,22,24). The molecule has 0 unspecified atom stereocenters. The molecule has 2 amide bonds. The van der Waals surface area contributed by atoms with E-state index in [-0.39, 0.29) is 23.7 Å². The Hall–Kier alpha value is -3.36. The van der Waals surface area contributed by atoms with Crippen molar-refractivity contribution in [2.75, 3.05) is 31.0 Å². The topological polar surface area (TPSA) is 77.1 Å². The number of carbonyl (C=O) groups is 2. The molecule has 0 saturated heterocycles. The van der Waals surface area contributed by atoms with E-state index in [2.05, 4.69) is 10.1 Å². The molecule has 0 fully saturated rings. The van der Waals surface area contributed by atoms with Crippen molar-refractivity contribution in [2.24, 2.45) is 0 Å². The molecule has 0 aliphatic carbocycles. The SMILES string of the molecule is CCOC(=O)N(C)c1ccc(NC(=O)c2cccc(OC)c2OC(F)F)cc1. The third-order valence-corrected chi connectivity index (χ3v) is 3.70. The molecule has 1 N–H and O–H groups in total. The largest absolute Gasteiger partial charge is 0.493 e. The summed E-state index contributed by atoms with van der Waals surface area (Å²) < 4.78 is 39.7. The van der Waals surface area contributed by atoms with Gasteiger partial charge in [-0.15, -0.1) is 0 Å². The number of alkyl halides is 2. The van der Waals surface area contributed by atoms with Crippen molar-refractivity contribution >= 4 is 23.4 Å². The van der Waals surface area contributed by atoms with Gasteiger partial charge in [-0.1, -0.05) is 6.07 Å². The summed E-state index contributed by atoms with van der Waals surface area (Å²) in [7, 11) is 2.84. The fourth-order valence-electron chi connectivity index (χ4n) is 2.36. The summed E-state index contributed by atoms with van der Waals surface area (Å²) in [5, 5.41) is 2.59. The molecular formula is C19H20F2N2O5. The van der Waals surface area contributed by atoms with Gasteiger partial charge in [0.15, 0.2) is 11.5 Å². The van der Waals surface area contributed by atoms with Gasteiger partial charge in [0.2, 0.25) is 0 Å². The number of halogens is 2. The number of hydrogen-bond acceptors (Lipinski definition) is 5. The van der Waals surface area contributed by atoms with Gasteiger partial charge in [0.05, 0.1) is 19.3 Å². The third-order valence-electron chi connectivity index (χ3n) is 3.70. The number of anilines is 2. The number of methoxy groups -OCH3 is 1. The van der Waals surface area contributed by atoms with Crippen LogP contribution in [0.2, 0.25) is 0 Å². The molecule has 28 heavy (non-hydrogen) atoms. The number of para-hydroxylation sites is 1. The molecule has 0 aromatic heterocycles. The summed E-state index contributed by atoms with van der Waals surface area (Å²) in [6.45, 7) is -1.16. The first-order chi connectivity index (χ1) is 13.4. The molecule has 0 atom stereocenters. The van der Waals surface area contributed by atoms with E-state index in [0.717, 1.165) is 0 Å². The minimum Gasteiger partial charge on any atom is -0.493 e. The number of nitrogens with zero attached hydrogens (tertiary/aromatic N) is 1. The average molecular weight is 394 g/mol. The van der Waals surface area contributed by atoms with E-state index in [4.69, 9.17) is 9.47 Å². The van der Waals surface area contributed by atoms with Crippen LogP contribution in [0.25, 0.3) is 0 Å². The van der Waals surface area contributed by atoms with Crippen LogP contribution in [0.5, 0.6) is 11.5 Å². The monoisotopic (exact) mass is 394 g/mol. The molecule has 0 heterocycles. The van der Waals surface area contributed by atoms with Crippen molar-refractivity contribution < 1.29 is 32.6 Å². The van der Waals surface area contributed by atoms with Crippen molar-refractivity contribution in [3.8, 4) is 11.5 Å². The van der Waals surface area contributed by atoms with Crippen molar-refractivity contribution in [3.05, 3.63) is 48.0 Å². The van der Waals surface area contributed by atoms with Gasteiger partial charge in [0, 0.05) is 18.4 Å². The predicted octanol–water partition coefficient (Wildman–Crippen LogP) is 4.14. The third kappa shape index (κ3) is 5.09. The Morgan fingerprint density at radius 2 is 1.82 bits per heavy atom. The van der Waals surface area contributed by atoms with Gasteiger partial charge in [-0.3, -0.25) is 9.69 Å². The summed E-state index contributed by atoms with van der Waals surface area (Å²) >= 11 is 0. The highest BCUT2D eigenvalue weighted by Gasteiger charge is 2.20. The Labute approximate surface area is 160 Å². The number of carbonyl (C=O) groups excluding carboxylic acids is 2. The van der Waals surface area contributed by atoms with Crippen LogP contribution in [0.4, 0.5) is 25.0 Å². The molecular weight excluding hydrogens is 374 g/mol. The molecule has 2 rings (SSSR count). The Morgan fingerprint density at radius 3 is 2.39 bits per heavy atom. The van der Waals surface area contributed by atoms with E-state index in [1.807, 2.05) is 0 Å². The zero-order chi connectivity index (χ0) is 20.7. The molecule has 0 saturated carbocycles. The van der Waals surface area contributed by atoms with E-state index < -0.39 is 18.6 Å². The normalized spacial score (nSPS) is 10.4. The second-order valence-electron chi connectivity index (χ2n) is 5.47. The van der Waals surface area contributed by atoms with Crippen LogP contribution in [0.3, 0.4) is 0 Å². The summed E-state index contributed by atoms with van der Waals surface area (Å²) in [5.41, 5.74) is 0.851. The minimum atomic E-state index is -3.11. The van der Waals surface area contributed by atoms with Crippen LogP contribution < -0.4 is 19.7 Å². The Kier molecular flexibility index (Phi) is 7.14. The van der Waals surface area contributed by atoms with Crippen molar-refractivity contribution in [1.82, 2.24) is 0 Å². The van der Waals surface area contributed by atoms with Crippen LogP contribution >= 0.6 is 0 Å². The van der Waals surface area contributed by atoms with Gasteiger partial charge < -0.3 is 19.5 Å². The molecule has 9 heteroatoms. The highest BCUT2D eigenvalue weighted by Crippen LogP contribution is 2.33. The van der Waals surface area contributed by atoms with E-state index in [1.165, 1.54) is 30.2 Å². The lowest BCUT2D eigenvalue weighted by Crippen LogP contribution is -2.26. The minimum absolute atomic E-state index is 0.0133. The molecule has 7 nitrogen and oxygen atoms in total. The van der Waals surface area contributed by atoms with Gasteiger partial charge in [0.25, 0.3) is 5.91 Å². The van der Waals surface area contributed by atoms with Crippen LogP contribution in [0.15, 0.2) is 42.5 Å². The number of ether oxygens (including phenoxy) is 3. The van der Waals surface area contributed by atoms with E-state index in [1.54, 1.807) is 38.2 Å². The van der Waals surface area contributed by atoms with Crippen LogP contribution in [0.1, 0.15) is 17.3 Å². The average Bonchev–Trinajstić information content (AvgIpc) is 2.67. The number of hydrogen-bond donors (Lipinski definition) is 1. The second-order valence-corrected chi connectivity index (χ2v) is 5.47. The Bertz CT molecular complexity index is 828. The lowest BCUT2D eigenvalue weighted by atomic mass is 10.1. The highest BCUT2D eigenvalue weighted by molar-refractivity contribution is 6.06. The maximum absolute atomic E-state index is 12.7. The zero-order valence-corrected chi connectivity index (χ0v) is 15.6. The molecule has 0 spiro atoms. The smallest absolute Gasteiger partial charge is 0.413 e. The van der Waals surface area contributed by atoms with Gasteiger partial charge in [0.1, 0.15) is 0 Å². The maximum Gasteiger partial charge on any atom is 0.413 e. The summed E-state index contributed by atoms with van der Waals surface area (Å²) in [6.07, 6.45) is -0.510. The Balaban J connectivity index is 2.18. The lowest BCUT2D eigenvalue weighted by Gasteiger charge is -2.17. The van der Waals surface area contributed by atoms with Gasteiger partial charge in [-0.25, -0.2) is 4.79 Å². The number of rotatable bonds is 7. The fourth-order valence-corrected chi connectivity index (χ4v) is 2.36. The molecule has 0 aliphatic rings. The summed E-state index contributed by atoms with van der Waals surface area (Å²) in [4.78, 5) is 25.6. The molecule has 2 aromatic carbocycles. The van der Waals surface area contributed by atoms with Gasteiger partial charge in [-0.05, 0) is 43.3 Å². The van der Waals surface area contributed by atoms with Crippen LogP contribution in [0, 0.1) is 0 Å². The highest BCUT2D eigenvalue weighted by atomic mass is 19.3. The second kappa shape index (κ2) is 9.54. The van der Waals surface area contributed by atoms with E-state index in [9.17, 15) is 18.4 Å². The maximum atomic E-state index is 12.7. The first-order valence-corrected chi connectivity index (χ1v) is 8.31. The molecule has 0 aliphatic heterocycles.